The molecule has 0 unspecified atom stereocenters. The van der Waals surface area contributed by atoms with Gasteiger partial charge in [-0.3, -0.25) is 9.79 Å². The van der Waals surface area contributed by atoms with E-state index in [2.05, 4.69) is 25.5 Å². The molecule has 2 rings (SSSR count). The maximum absolute atomic E-state index is 12.1. The number of hydrogen-bond donors (Lipinski definition) is 3. The monoisotopic (exact) mass is 489 g/mol. The van der Waals surface area contributed by atoms with Gasteiger partial charge >= 0.3 is 0 Å². The molecule has 0 radical (unpaired) electrons. The Morgan fingerprint density at radius 3 is 2.50 bits per heavy atom. The molecular formula is C18H25ClIN5O. The first-order chi connectivity index (χ1) is 12.2. The largest absolute Gasteiger partial charge is 0.357 e. The first-order valence-corrected chi connectivity index (χ1v) is 8.74. The summed E-state index contributed by atoms with van der Waals surface area (Å²) in [6, 6.07) is 11.0. The number of amides is 1. The summed E-state index contributed by atoms with van der Waals surface area (Å²) in [4.78, 5) is 16.5. The van der Waals surface area contributed by atoms with Gasteiger partial charge in [0.2, 0.25) is 0 Å². The number of rotatable bonds is 8. The molecule has 8 heteroatoms. The number of guanidine groups is 1. The summed E-state index contributed by atoms with van der Waals surface area (Å²) < 4.78 is 2.10. The van der Waals surface area contributed by atoms with Crippen molar-refractivity contribution in [3.8, 4) is 0 Å². The van der Waals surface area contributed by atoms with Crippen LogP contribution in [-0.2, 0) is 6.54 Å². The molecule has 1 amide bonds. The molecule has 0 aliphatic heterocycles. The highest BCUT2D eigenvalue weighted by Crippen LogP contribution is 2.14. The van der Waals surface area contributed by atoms with E-state index in [0.717, 1.165) is 25.6 Å². The number of hydrogen-bond acceptors (Lipinski definition) is 2. The summed E-state index contributed by atoms with van der Waals surface area (Å²) >= 11 is 6.01. The van der Waals surface area contributed by atoms with Crippen molar-refractivity contribution in [3.63, 3.8) is 0 Å². The van der Waals surface area contributed by atoms with Gasteiger partial charge in [0.15, 0.2) is 5.96 Å². The van der Waals surface area contributed by atoms with E-state index in [1.807, 2.05) is 31.5 Å². The average Bonchev–Trinajstić information content (AvgIpc) is 3.12. The first-order valence-electron chi connectivity index (χ1n) is 8.36. The molecule has 3 N–H and O–H groups in total. The molecule has 0 aliphatic rings. The Balaban J connectivity index is 0.00000338. The van der Waals surface area contributed by atoms with Crippen molar-refractivity contribution in [2.45, 2.75) is 13.5 Å². The molecule has 0 saturated heterocycles. The minimum Gasteiger partial charge on any atom is -0.357 e. The van der Waals surface area contributed by atoms with Crippen LogP contribution in [0.15, 0.2) is 53.8 Å². The predicted octanol–water partition coefficient (Wildman–Crippen LogP) is 2.74. The van der Waals surface area contributed by atoms with Crippen LogP contribution in [0, 0.1) is 0 Å². The molecule has 0 saturated carbocycles. The highest BCUT2D eigenvalue weighted by Gasteiger charge is 2.08. The Morgan fingerprint density at radius 1 is 1.08 bits per heavy atom. The van der Waals surface area contributed by atoms with Gasteiger partial charge in [-0.25, -0.2) is 0 Å². The van der Waals surface area contributed by atoms with Gasteiger partial charge < -0.3 is 20.5 Å². The van der Waals surface area contributed by atoms with E-state index in [4.69, 9.17) is 11.6 Å². The molecule has 6 nitrogen and oxygen atoms in total. The molecule has 0 atom stereocenters. The minimum absolute atomic E-state index is 0. The van der Waals surface area contributed by atoms with Gasteiger partial charge in [-0.2, -0.15) is 0 Å². The summed E-state index contributed by atoms with van der Waals surface area (Å²) in [5, 5.41) is 9.73. The Bertz CT molecular complexity index is 691. The number of nitrogens with zero attached hydrogens (tertiary/aromatic N) is 2. The Kier molecular flexibility index (Phi) is 10.8. The van der Waals surface area contributed by atoms with Crippen LogP contribution in [-0.4, -0.2) is 42.6 Å². The fourth-order valence-corrected chi connectivity index (χ4v) is 2.46. The van der Waals surface area contributed by atoms with E-state index in [-0.39, 0.29) is 29.9 Å². The molecule has 0 bridgehead atoms. The van der Waals surface area contributed by atoms with Crippen LogP contribution in [0.2, 0.25) is 5.02 Å². The first kappa shape index (κ1) is 22.3. The summed E-state index contributed by atoms with van der Waals surface area (Å²) in [6.45, 7) is 5.35. The standard InChI is InChI=1S/C18H24ClN5O.HI/c1-2-20-18(23-11-14-24-12-5-6-13-24)22-10-9-21-17(25)15-7-3-4-8-16(15)19;/h3-8,12-13H,2,9-11,14H2,1H3,(H,21,25)(H2,20,22,23);1H. The second-order valence-corrected chi connectivity index (χ2v) is 5.75. The fourth-order valence-electron chi connectivity index (χ4n) is 2.24. The highest BCUT2D eigenvalue weighted by atomic mass is 127. The smallest absolute Gasteiger partial charge is 0.252 e. The van der Waals surface area contributed by atoms with E-state index in [1.54, 1.807) is 24.3 Å². The van der Waals surface area contributed by atoms with Crippen LogP contribution < -0.4 is 16.0 Å². The quantitative estimate of drug-likeness (QED) is 0.231. The van der Waals surface area contributed by atoms with E-state index in [9.17, 15) is 4.79 Å². The van der Waals surface area contributed by atoms with E-state index < -0.39 is 0 Å². The fraction of sp³-hybridized carbons (Fsp3) is 0.333. The molecule has 2 aromatic rings. The zero-order valence-electron chi connectivity index (χ0n) is 14.7. The number of nitrogens with one attached hydrogen (secondary N) is 3. The molecule has 1 heterocycles. The van der Waals surface area contributed by atoms with Crippen LogP contribution in [0.3, 0.4) is 0 Å². The highest BCUT2D eigenvalue weighted by molar-refractivity contribution is 14.0. The normalized spacial score (nSPS) is 10.8. The van der Waals surface area contributed by atoms with Gasteiger partial charge in [-0.15, -0.1) is 24.0 Å². The average molecular weight is 490 g/mol. The second-order valence-electron chi connectivity index (χ2n) is 5.34. The Hall–Kier alpha value is -1.74. The minimum atomic E-state index is -0.189. The summed E-state index contributed by atoms with van der Waals surface area (Å²) in [6.07, 6.45) is 4.05. The maximum atomic E-state index is 12.1. The number of halogens is 2. The third-order valence-corrected chi connectivity index (χ3v) is 3.79. The lowest BCUT2D eigenvalue weighted by atomic mass is 10.2. The van der Waals surface area contributed by atoms with Crippen LogP contribution >= 0.6 is 35.6 Å². The van der Waals surface area contributed by atoms with E-state index >= 15 is 0 Å². The van der Waals surface area contributed by atoms with Gasteiger partial charge in [0.05, 0.1) is 17.1 Å². The van der Waals surface area contributed by atoms with Gasteiger partial charge in [0.1, 0.15) is 0 Å². The second kappa shape index (κ2) is 12.6. The van der Waals surface area contributed by atoms with Crippen molar-refractivity contribution in [1.82, 2.24) is 20.5 Å². The molecule has 0 fully saturated rings. The number of aliphatic imine (C=N–C) groups is 1. The third-order valence-electron chi connectivity index (χ3n) is 3.46. The molecule has 1 aromatic heterocycles. The van der Waals surface area contributed by atoms with Crippen LogP contribution in [0.25, 0.3) is 0 Å². The molecular weight excluding hydrogens is 465 g/mol. The molecule has 1 aromatic carbocycles. The molecule has 0 aliphatic carbocycles. The van der Waals surface area contributed by atoms with Crippen LogP contribution in [0.5, 0.6) is 0 Å². The van der Waals surface area contributed by atoms with Gasteiger partial charge in [0.25, 0.3) is 5.91 Å². The van der Waals surface area contributed by atoms with Crippen molar-refractivity contribution in [1.29, 1.82) is 0 Å². The van der Waals surface area contributed by atoms with Crippen LogP contribution in [0.1, 0.15) is 17.3 Å². The Morgan fingerprint density at radius 2 is 1.81 bits per heavy atom. The zero-order valence-corrected chi connectivity index (χ0v) is 17.8. The van der Waals surface area contributed by atoms with Crippen molar-refractivity contribution in [3.05, 3.63) is 59.4 Å². The molecule has 0 spiro atoms. The van der Waals surface area contributed by atoms with E-state index in [0.29, 0.717) is 23.7 Å². The zero-order chi connectivity index (χ0) is 17.9. The lowest BCUT2D eigenvalue weighted by molar-refractivity contribution is 0.0955. The van der Waals surface area contributed by atoms with Gasteiger partial charge in [0, 0.05) is 38.6 Å². The van der Waals surface area contributed by atoms with Crippen molar-refractivity contribution >= 4 is 47.4 Å². The van der Waals surface area contributed by atoms with Crippen LogP contribution in [0.4, 0.5) is 0 Å². The number of carbonyl (C=O) groups is 1. The predicted molar refractivity (Wildman–Crippen MR) is 118 cm³/mol. The SMILES string of the molecule is CCNC(=NCCNC(=O)c1ccccc1Cl)NCCn1cccc1.I. The number of benzene rings is 1. The van der Waals surface area contributed by atoms with Crippen molar-refractivity contribution < 1.29 is 4.79 Å². The lowest BCUT2D eigenvalue weighted by Crippen LogP contribution is -2.39. The maximum Gasteiger partial charge on any atom is 0.252 e. The van der Waals surface area contributed by atoms with Gasteiger partial charge in [-0.05, 0) is 31.2 Å². The van der Waals surface area contributed by atoms with Gasteiger partial charge in [-0.1, -0.05) is 23.7 Å². The summed E-state index contributed by atoms with van der Waals surface area (Å²) in [5.41, 5.74) is 0.477. The lowest BCUT2D eigenvalue weighted by Gasteiger charge is -2.12. The Labute approximate surface area is 176 Å². The molecule has 26 heavy (non-hydrogen) atoms. The topological polar surface area (TPSA) is 70.4 Å². The summed E-state index contributed by atoms with van der Waals surface area (Å²) in [5.74, 6) is 0.549. The number of aromatic nitrogens is 1. The van der Waals surface area contributed by atoms with Crippen molar-refractivity contribution in [2.24, 2.45) is 4.99 Å². The van der Waals surface area contributed by atoms with Crippen molar-refractivity contribution in [2.75, 3.05) is 26.2 Å². The third kappa shape index (κ3) is 7.65. The number of carbonyl (C=O) groups excluding carboxylic acids is 1. The molecule has 142 valence electrons. The summed E-state index contributed by atoms with van der Waals surface area (Å²) in [7, 11) is 0. The van der Waals surface area contributed by atoms with E-state index in [1.165, 1.54) is 0 Å².